The highest BCUT2D eigenvalue weighted by atomic mass is 32.1. The molecule has 1 aliphatic heterocycles. The fourth-order valence-corrected chi connectivity index (χ4v) is 3.65. The Balaban J connectivity index is 1.64. The lowest BCUT2D eigenvalue weighted by molar-refractivity contribution is -0.183. The third-order valence-electron chi connectivity index (χ3n) is 4.18. The maximum atomic E-state index is 13.4. The Morgan fingerprint density at radius 3 is 2.62 bits per heavy atom. The molecule has 0 saturated carbocycles. The van der Waals surface area contributed by atoms with Crippen LogP contribution in [0.25, 0.3) is 10.6 Å². The molecule has 1 amide bonds. The van der Waals surface area contributed by atoms with Gasteiger partial charge in [-0.2, -0.15) is 13.2 Å². The van der Waals surface area contributed by atoms with Crippen molar-refractivity contribution in [2.24, 2.45) is 0 Å². The molecule has 0 aliphatic carbocycles. The molecule has 1 unspecified atom stereocenters. The van der Waals surface area contributed by atoms with Crippen LogP contribution >= 0.6 is 11.3 Å². The number of carbonyl (C=O) groups is 1. The van der Waals surface area contributed by atoms with Gasteiger partial charge in [-0.1, -0.05) is 30.3 Å². The summed E-state index contributed by atoms with van der Waals surface area (Å²) in [5.74, 6) is -0.533. The number of nitrogens with zero attached hydrogens (tertiary/aromatic N) is 2. The van der Waals surface area contributed by atoms with Crippen molar-refractivity contribution < 1.29 is 18.0 Å². The van der Waals surface area contributed by atoms with Gasteiger partial charge in [0.1, 0.15) is 15.9 Å². The van der Waals surface area contributed by atoms with Gasteiger partial charge >= 0.3 is 6.18 Å². The summed E-state index contributed by atoms with van der Waals surface area (Å²) in [5.41, 5.74) is 0.866. The van der Waals surface area contributed by atoms with Gasteiger partial charge in [-0.25, -0.2) is 4.98 Å². The smallest absolute Gasteiger partial charge is 0.349 e. The predicted molar refractivity (Wildman–Crippen MR) is 94.2 cm³/mol. The minimum atomic E-state index is -4.40. The molecule has 1 aliphatic rings. The standard InChI is InChI=1S/C17H19F3N4OS/c18-17(19,20)14(24-8-6-21-7-9-24)11-22-15(25)13-10-23-16(26-13)12-4-2-1-3-5-12/h1-5,10,14,21H,6-9,11H2,(H,22,25). The summed E-state index contributed by atoms with van der Waals surface area (Å²) in [6, 6.07) is 7.64. The normalized spacial score (nSPS) is 17.0. The second kappa shape index (κ2) is 8.15. The maximum absolute atomic E-state index is 13.4. The average molecular weight is 384 g/mol. The van der Waals surface area contributed by atoms with Crippen LogP contribution < -0.4 is 10.6 Å². The highest BCUT2D eigenvalue weighted by Crippen LogP contribution is 2.26. The first-order chi connectivity index (χ1) is 12.4. The zero-order valence-electron chi connectivity index (χ0n) is 13.9. The van der Waals surface area contributed by atoms with E-state index in [1.807, 2.05) is 30.3 Å². The Kier molecular flexibility index (Phi) is 5.90. The maximum Gasteiger partial charge on any atom is 0.405 e. The van der Waals surface area contributed by atoms with Crippen LogP contribution in [0.15, 0.2) is 36.5 Å². The number of hydrogen-bond donors (Lipinski definition) is 2. The van der Waals surface area contributed by atoms with Crippen molar-refractivity contribution in [3.63, 3.8) is 0 Å². The summed E-state index contributed by atoms with van der Waals surface area (Å²) in [7, 11) is 0. The largest absolute Gasteiger partial charge is 0.405 e. The summed E-state index contributed by atoms with van der Waals surface area (Å²) in [5, 5.41) is 6.10. The molecule has 1 fully saturated rings. The second-order valence-corrected chi connectivity index (χ2v) is 6.98. The minimum Gasteiger partial charge on any atom is -0.349 e. The van der Waals surface area contributed by atoms with Gasteiger partial charge in [0.15, 0.2) is 0 Å². The van der Waals surface area contributed by atoms with E-state index in [1.54, 1.807) is 0 Å². The number of benzene rings is 1. The fraction of sp³-hybridized carbons (Fsp3) is 0.412. The van der Waals surface area contributed by atoms with Gasteiger partial charge in [-0.3, -0.25) is 9.69 Å². The van der Waals surface area contributed by atoms with Gasteiger partial charge < -0.3 is 10.6 Å². The van der Waals surface area contributed by atoms with E-state index in [4.69, 9.17) is 0 Å². The molecule has 1 aromatic carbocycles. The van der Waals surface area contributed by atoms with E-state index < -0.39 is 24.7 Å². The van der Waals surface area contributed by atoms with Crippen molar-refractivity contribution in [2.75, 3.05) is 32.7 Å². The topological polar surface area (TPSA) is 57.3 Å². The highest BCUT2D eigenvalue weighted by Gasteiger charge is 2.43. The number of thiazole rings is 1. The molecule has 0 spiro atoms. The Bertz CT molecular complexity index is 729. The lowest BCUT2D eigenvalue weighted by Gasteiger charge is -2.35. The molecular weight excluding hydrogens is 365 g/mol. The first-order valence-electron chi connectivity index (χ1n) is 8.26. The number of piperazine rings is 1. The molecule has 5 nitrogen and oxygen atoms in total. The SMILES string of the molecule is O=C(NCC(N1CCNCC1)C(F)(F)F)c1cnc(-c2ccccc2)s1. The van der Waals surface area contributed by atoms with Gasteiger partial charge in [-0.05, 0) is 0 Å². The molecule has 140 valence electrons. The molecule has 9 heteroatoms. The van der Waals surface area contributed by atoms with E-state index in [1.165, 1.54) is 11.1 Å². The Hall–Kier alpha value is -1.97. The van der Waals surface area contributed by atoms with Gasteiger partial charge in [0.25, 0.3) is 5.91 Å². The highest BCUT2D eigenvalue weighted by molar-refractivity contribution is 7.16. The van der Waals surface area contributed by atoms with Crippen molar-refractivity contribution in [3.05, 3.63) is 41.4 Å². The number of rotatable bonds is 5. The molecule has 0 bridgehead atoms. The van der Waals surface area contributed by atoms with Crippen LogP contribution in [0.3, 0.4) is 0 Å². The first-order valence-corrected chi connectivity index (χ1v) is 9.08. The van der Waals surface area contributed by atoms with Crippen molar-refractivity contribution in [3.8, 4) is 10.6 Å². The van der Waals surface area contributed by atoms with E-state index in [0.29, 0.717) is 36.1 Å². The van der Waals surface area contributed by atoms with Crippen LogP contribution in [0.4, 0.5) is 13.2 Å². The number of nitrogens with one attached hydrogen (secondary N) is 2. The average Bonchev–Trinajstić information content (AvgIpc) is 3.12. The predicted octanol–water partition coefficient (Wildman–Crippen LogP) is 2.38. The Labute approximate surface area is 153 Å². The molecule has 1 aromatic heterocycles. The van der Waals surface area contributed by atoms with Crippen LogP contribution in [0.2, 0.25) is 0 Å². The summed E-state index contributed by atoms with van der Waals surface area (Å²) in [6.45, 7) is 1.16. The zero-order chi connectivity index (χ0) is 18.6. The fourth-order valence-electron chi connectivity index (χ4n) is 2.82. The third kappa shape index (κ3) is 4.60. The first kappa shape index (κ1) is 18.8. The van der Waals surface area contributed by atoms with E-state index in [-0.39, 0.29) is 0 Å². The number of amides is 1. The molecular formula is C17H19F3N4OS. The van der Waals surface area contributed by atoms with Gasteiger partial charge in [0, 0.05) is 38.3 Å². The Morgan fingerprint density at radius 1 is 1.27 bits per heavy atom. The lowest BCUT2D eigenvalue weighted by Crippen LogP contribution is -2.57. The van der Waals surface area contributed by atoms with E-state index >= 15 is 0 Å². The third-order valence-corrected chi connectivity index (χ3v) is 5.22. The Morgan fingerprint density at radius 2 is 1.96 bits per heavy atom. The van der Waals surface area contributed by atoms with Gasteiger partial charge in [0.05, 0.1) is 6.20 Å². The van der Waals surface area contributed by atoms with Crippen LogP contribution in [0.1, 0.15) is 9.67 Å². The number of hydrogen-bond acceptors (Lipinski definition) is 5. The molecule has 2 N–H and O–H groups in total. The summed E-state index contributed by atoms with van der Waals surface area (Å²) in [6.07, 6.45) is -3.00. The van der Waals surface area contributed by atoms with E-state index in [9.17, 15) is 18.0 Å². The number of aromatic nitrogens is 1. The number of carbonyl (C=O) groups excluding carboxylic acids is 1. The summed E-state index contributed by atoms with van der Waals surface area (Å²) < 4.78 is 40.1. The monoisotopic (exact) mass is 384 g/mol. The minimum absolute atomic E-state index is 0.296. The molecule has 2 heterocycles. The number of alkyl halides is 3. The molecule has 2 aromatic rings. The molecule has 26 heavy (non-hydrogen) atoms. The van der Waals surface area contributed by atoms with Crippen molar-refractivity contribution >= 4 is 17.2 Å². The van der Waals surface area contributed by atoms with Crippen molar-refractivity contribution in [1.29, 1.82) is 0 Å². The zero-order valence-corrected chi connectivity index (χ0v) is 14.7. The van der Waals surface area contributed by atoms with E-state index in [2.05, 4.69) is 15.6 Å². The molecule has 1 atom stereocenters. The van der Waals surface area contributed by atoms with Gasteiger partial charge in [-0.15, -0.1) is 11.3 Å². The van der Waals surface area contributed by atoms with E-state index in [0.717, 1.165) is 16.9 Å². The summed E-state index contributed by atoms with van der Waals surface area (Å²) in [4.78, 5) is 18.1. The quantitative estimate of drug-likeness (QED) is 0.831. The second-order valence-electron chi connectivity index (χ2n) is 5.95. The van der Waals surface area contributed by atoms with Crippen molar-refractivity contribution in [2.45, 2.75) is 12.2 Å². The van der Waals surface area contributed by atoms with Crippen LogP contribution in [0, 0.1) is 0 Å². The molecule has 1 saturated heterocycles. The van der Waals surface area contributed by atoms with Crippen LogP contribution in [-0.4, -0.2) is 60.7 Å². The molecule has 0 radical (unpaired) electrons. The molecule has 3 rings (SSSR count). The lowest BCUT2D eigenvalue weighted by atomic mass is 10.2. The van der Waals surface area contributed by atoms with Crippen LogP contribution in [0.5, 0.6) is 0 Å². The summed E-state index contributed by atoms with van der Waals surface area (Å²) >= 11 is 1.16. The van der Waals surface area contributed by atoms with Crippen LogP contribution in [-0.2, 0) is 0 Å². The number of halogens is 3. The van der Waals surface area contributed by atoms with Gasteiger partial charge in [0.2, 0.25) is 0 Å². The van der Waals surface area contributed by atoms with Crippen molar-refractivity contribution in [1.82, 2.24) is 20.5 Å².